The molecule has 1 aromatic rings. The molecular formula is C15H28N6. The van der Waals surface area contributed by atoms with Crippen molar-refractivity contribution in [3.63, 3.8) is 0 Å². The number of nitrogen functional groups attached to an aromatic ring is 1. The fourth-order valence-corrected chi connectivity index (χ4v) is 2.46. The van der Waals surface area contributed by atoms with E-state index in [0.29, 0.717) is 5.82 Å². The van der Waals surface area contributed by atoms with Crippen LogP contribution in [0.2, 0.25) is 0 Å². The van der Waals surface area contributed by atoms with Gasteiger partial charge in [0.1, 0.15) is 17.5 Å². The van der Waals surface area contributed by atoms with Crippen LogP contribution in [0.4, 0.5) is 11.6 Å². The summed E-state index contributed by atoms with van der Waals surface area (Å²) in [5, 5.41) is 3.44. The molecule has 0 atom stereocenters. The lowest BCUT2D eigenvalue weighted by Crippen LogP contribution is -2.31. The first kappa shape index (κ1) is 16.0. The molecule has 0 bridgehead atoms. The second kappa shape index (κ2) is 7.04. The van der Waals surface area contributed by atoms with Crippen molar-refractivity contribution in [2.45, 2.75) is 52.5 Å². The Balaban J connectivity index is 2.02. The summed E-state index contributed by atoms with van der Waals surface area (Å²) in [5.41, 5.74) is 3.64. The topological polar surface area (TPSA) is 79.1 Å². The molecule has 0 aromatic carbocycles. The number of nitrogens with zero attached hydrogens (tertiary/aromatic N) is 3. The van der Waals surface area contributed by atoms with Crippen molar-refractivity contribution in [3.8, 4) is 0 Å². The highest BCUT2D eigenvalue weighted by molar-refractivity contribution is 5.56. The molecule has 1 aliphatic carbocycles. The maximum absolute atomic E-state index is 5.56. The van der Waals surface area contributed by atoms with E-state index in [9.17, 15) is 0 Å². The van der Waals surface area contributed by atoms with Crippen molar-refractivity contribution < 1.29 is 0 Å². The van der Waals surface area contributed by atoms with E-state index in [0.717, 1.165) is 42.9 Å². The molecule has 0 saturated heterocycles. The Bertz CT molecular complexity index is 469. The van der Waals surface area contributed by atoms with E-state index >= 15 is 0 Å². The van der Waals surface area contributed by atoms with Gasteiger partial charge in [0.05, 0.1) is 0 Å². The summed E-state index contributed by atoms with van der Waals surface area (Å²) < 4.78 is 0. The van der Waals surface area contributed by atoms with Crippen molar-refractivity contribution in [2.24, 2.45) is 5.84 Å². The number of likely N-dealkylation sites (N-methyl/N-ethyl adjacent to an activating group) is 1. The summed E-state index contributed by atoms with van der Waals surface area (Å²) in [6.45, 7) is 11.4. The summed E-state index contributed by atoms with van der Waals surface area (Å²) in [4.78, 5) is 11.6. The van der Waals surface area contributed by atoms with Crippen molar-refractivity contribution >= 4 is 11.6 Å². The van der Waals surface area contributed by atoms with Gasteiger partial charge in [-0.05, 0) is 26.3 Å². The largest absolute Gasteiger partial charge is 0.368 e. The average molecular weight is 292 g/mol. The Labute approximate surface area is 127 Å². The van der Waals surface area contributed by atoms with Gasteiger partial charge in [-0.1, -0.05) is 20.8 Å². The van der Waals surface area contributed by atoms with Crippen LogP contribution in [-0.2, 0) is 0 Å². The third-order valence-electron chi connectivity index (χ3n) is 3.98. The van der Waals surface area contributed by atoms with Crippen LogP contribution < -0.4 is 16.6 Å². The molecule has 1 aromatic heterocycles. The number of nitrogens with two attached hydrogens (primary N) is 1. The zero-order chi connectivity index (χ0) is 15.4. The summed E-state index contributed by atoms with van der Waals surface area (Å²) in [6.07, 6.45) is 2.69. The summed E-state index contributed by atoms with van der Waals surface area (Å²) in [5.74, 6) is 8.23. The zero-order valence-electron chi connectivity index (χ0n) is 13.6. The molecular weight excluding hydrogens is 264 g/mol. The van der Waals surface area contributed by atoms with Crippen LogP contribution in [0.15, 0.2) is 0 Å². The first-order chi connectivity index (χ1) is 10.1. The highest BCUT2D eigenvalue weighted by Crippen LogP contribution is 2.26. The molecule has 1 fully saturated rings. The lowest BCUT2D eigenvalue weighted by molar-refractivity contribution is 0.289. The summed E-state index contributed by atoms with van der Waals surface area (Å²) >= 11 is 0. The number of hydrazine groups is 1. The molecule has 0 radical (unpaired) electrons. The lowest BCUT2D eigenvalue weighted by Gasteiger charge is -2.21. The van der Waals surface area contributed by atoms with Gasteiger partial charge in [-0.15, -0.1) is 0 Å². The van der Waals surface area contributed by atoms with Crippen LogP contribution in [0.3, 0.4) is 0 Å². The minimum atomic E-state index is 0.275. The number of aromatic nitrogens is 2. The van der Waals surface area contributed by atoms with Crippen molar-refractivity contribution in [1.29, 1.82) is 0 Å². The van der Waals surface area contributed by atoms with Gasteiger partial charge in [-0.3, -0.25) is 4.90 Å². The van der Waals surface area contributed by atoms with Gasteiger partial charge in [0.25, 0.3) is 0 Å². The van der Waals surface area contributed by atoms with Gasteiger partial charge < -0.3 is 10.7 Å². The van der Waals surface area contributed by atoms with E-state index in [2.05, 4.69) is 46.4 Å². The Morgan fingerprint density at radius 3 is 2.48 bits per heavy atom. The van der Waals surface area contributed by atoms with Crippen LogP contribution >= 0.6 is 0 Å². The first-order valence-corrected chi connectivity index (χ1v) is 7.89. The minimum absolute atomic E-state index is 0.275. The normalized spacial score (nSPS) is 14.8. The number of anilines is 2. The Morgan fingerprint density at radius 1 is 1.29 bits per heavy atom. The predicted octanol–water partition coefficient (Wildman–Crippen LogP) is 2.09. The zero-order valence-corrected chi connectivity index (χ0v) is 13.6. The van der Waals surface area contributed by atoms with Gasteiger partial charge in [0.2, 0.25) is 0 Å². The second-order valence-electron chi connectivity index (χ2n) is 5.99. The number of hydrogen-bond donors (Lipinski definition) is 3. The van der Waals surface area contributed by atoms with E-state index in [1.54, 1.807) is 0 Å². The van der Waals surface area contributed by atoms with Gasteiger partial charge in [0.15, 0.2) is 0 Å². The van der Waals surface area contributed by atoms with Gasteiger partial charge in [0, 0.05) is 30.6 Å². The molecule has 1 aliphatic rings. The second-order valence-corrected chi connectivity index (χ2v) is 5.99. The molecule has 1 heterocycles. The van der Waals surface area contributed by atoms with Crippen LogP contribution in [0, 0.1) is 6.92 Å². The molecule has 0 unspecified atom stereocenters. The van der Waals surface area contributed by atoms with Crippen LogP contribution in [0.25, 0.3) is 0 Å². The molecule has 1 saturated carbocycles. The molecule has 0 spiro atoms. The quantitative estimate of drug-likeness (QED) is 0.503. The highest BCUT2D eigenvalue weighted by Gasteiger charge is 2.27. The first-order valence-electron chi connectivity index (χ1n) is 7.89. The summed E-state index contributed by atoms with van der Waals surface area (Å²) in [6, 6.07) is 0.802. The third-order valence-corrected chi connectivity index (χ3v) is 3.98. The fourth-order valence-electron chi connectivity index (χ4n) is 2.46. The molecule has 0 amide bonds. The van der Waals surface area contributed by atoms with Crippen LogP contribution in [-0.4, -0.2) is 40.5 Å². The van der Waals surface area contributed by atoms with Crippen LogP contribution in [0.1, 0.15) is 50.9 Å². The maximum atomic E-state index is 5.56. The average Bonchev–Trinajstić information content (AvgIpc) is 3.29. The van der Waals surface area contributed by atoms with Crippen molar-refractivity contribution in [3.05, 3.63) is 11.4 Å². The maximum Gasteiger partial charge on any atom is 0.148 e. The third kappa shape index (κ3) is 4.04. The van der Waals surface area contributed by atoms with Gasteiger partial charge in [-0.2, -0.15) is 0 Å². The van der Waals surface area contributed by atoms with E-state index in [-0.39, 0.29) is 5.92 Å². The molecule has 118 valence electrons. The molecule has 6 heteroatoms. The predicted molar refractivity (Wildman–Crippen MR) is 87.4 cm³/mol. The molecule has 4 N–H and O–H groups in total. The number of hydrogen-bond acceptors (Lipinski definition) is 6. The lowest BCUT2D eigenvalue weighted by atomic mass is 10.2. The highest BCUT2D eigenvalue weighted by atomic mass is 15.3. The molecule has 0 aliphatic heterocycles. The molecule has 21 heavy (non-hydrogen) atoms. The van der Waals surface area contributed by atoms with Crippen molar-refractivity contribution in [2.75, 3.05) is 30.4 Å². The van der Waals surface area contributed by atoms with E-state index in [4.69, 9.17) is 5.84 Å². The van der Waals surface area contributed by atoms with E-state index < -0.39 is 0 Å². The molecule has 2 rings (SSSR count). The standard InChI is InChI=1S/C15H28N6/c1-5-21(12-6-7-12)9-8-17-14-11(4)15(20-16)19-13(18-14)10(2)3/h10,12H,5-9,16H2,1-4H3,(H2,17,18,19,20). The molecule has 6 nitrogen and oxygen atoms in total. The monoisotopic (exact) mass is 292 g/mol. The number of rotatable bonds is 8. The Hall–Kier alpha value is -1.40. The van der Waals surface area contributed by atoms with Crippen molar-refractivity contribution in [1.82, 2.24) is 14.9 Å². The SMILES string of the molecule is CCN(CCNc1nc(C(C)C)nc(NN)c1C)C1CC1. The van der Waals surface area contributed by atoms with Crippen LogP contribution in [0.5, 0.6) is 0 Å². The van der Waals surface area contributed by atoms with E-state index in [1.807, 2.05) is 6.92 Å². The van der Waals surface area contributed by atoms with Gasteiger partial charge >= 0.3 is 0 Å². The smallest absolute Gasteiger partial charge is 0.148 e. The van der Waals surface area contributed by atoms with E-state index in [1.165, 1.54) is 12.8 Å². The minimum Gasteiger partial charge on any atom is -0.368 e. The number of nitrogens with one attached hydrogen (secondary N) is 2. The summed E-state index contributed by atoms with van der Waals surface area (Å²) in [7, 11) is 0. The Morgan fingerprint density at radius 2 is 1.95 bits per heavy atom. The fraction of sp³-hybridized carbons (Fsp3) is 0.733. The van der Waals surface area contributed by atoms with Gasteiger partial charge in [-0.25, -0.2) is 15.8 Å². The Kier molecular flexibility index (Phi) is 5.36.